The molecule has 1 rings (SSSR count). The van der Waals surface area contributed by atoms with E-state index < -0.39 is 24.5 Å². The number of unbranched alkanes of at least 4 members (excludes halogenated alkanes) is 1. The van der Waals surface area contributed by atoms with Crippen molar-refractivity contribution in [1.29, 1.82) is 0 Å². The second-order valence-corrected chi connectivity index (χ2v) is 3.76. The molecule has 0 fully saturated rings. The summed E-state index contributed by atoms with van der Waals surface area (Å²) in [7, 11) is 0. The maximum atomic E-state index is 11.8. The Kier molecular flexibility index (Phi) is 4.90. The van der Waals surface area contributed by atoms with Crippen LogP contribution in [-0.2, 0) is 0 Å². The summed E-state index contributed by atoms with van der Waals surface area (Å²) in [5.41, 5.74) is -0.642. The average Bonchev–Trinajstić information content (AvgIpc) is 2.75. The molecular weight excluding hydrogens is 267 g/mol. The van der Waals surface area contributed by atoms with Crippen LogP contribution in [0.2, 0.25) is 0 Å². The van der Waals surface area contributed by atoms with E-state index in [9.17, 15) is 22.8 Å². The molecule has 106 valence electrons. The summed E-state index contributed by atoms with van der Waals surface area (Å²) in [5, 5.41) is 11.0. The Bertz CT molecular complexity index is 456. The summed E-state index contributed by atoms with van der Waals surface area (Å²) in [6, 6.07) is 0. The van der Waals surface area contributed by atoms with Crippen LogP contribution in [0.1, 0.15) is 40.2 Å². The molecule has 0 unspecified atom stereocenters. The molecule has 0 aromatic carbocycles. The number of carboxylic acids is 1. The molecule has 0 bridgehead atoms. The summed E-state index contributed by atoms with van der Waals surface area (Å²) < 4.78 is 35.5. The SMILES string of the molecule is O=C(NCCCCC(F)(F)F)c1nc[nH]c1C(=O)O. The van der Waals surface area contributed by atoms with Crippen LogP contribution in [0, 0.1) is 0 Å². The third-order valence-corrected chi connectivity index (χ3v) is 2.24. The van der Waals surface area contributed by atoms with Crippen LogP contribution >= 0.6 is 0 Å². The van der Waals surface area contributed by atoms with Gasteiger partial charge in [0.2, 0.25) is 0 Å². The zero-order valence-corrected chi connectivity index (χ0v) is 9.75. The number of alkyl halides is 3. The molecule has 0 saturated heterocycles. The van der Waals surface area contributed by atoms with Crippen LogP contribution in [-0.4, -0.2) is 39.7 Å². The van der Waals surface area contributed by atoms with E-state index in [2.05, 4.69) is 15.3 Å². The number of rotatable bonds is 6. The zero-order chi connectivity index (χ0) is 14.5. The van der Waals surface area contributed by atoms with Gasteiger partial charge in [-0.1, -0.05) is 0 Å². The lowest BCUT2D eigenvalue weighted by molar-refractivity contribution is -0.135. The second-order valence-electron chi connectivity index (χ2n) is 3.76. The predicted octanol–water partition coefficient (Wildman–Crippen LogP) is 1.57. The fourth-order valence-corrected chi connectivity index (χ4v) is 1.37. The number of H-pyrrole nitrogens is 1. The van der Waals surface area contributed by atoms with Gasteiger partial charge in [-0.25, -0.2) is 9.78 Å². The largest absolute Gasteiger partial charge is 0.477 e. The van der Waals surface area contributed by atoms with E-state index in [0.717, 1.165) is 6.33 Å². The number of carboxylic acid groups (broad SMARTS) is 1. The van der Waals surface area contributed by atoms with Gasteiger partial charge in [-0.15, -0.1) is 0 Å². The van der Waals surface area contributed by atoms with Gasteiger partial charge in [-0.2, -0.15) is 13.2 Å². The summed E-state index contributed by atoms with van der Waals surface area (Å²) >= 11 is 0. The molecule has 0 aliphatic carbocycles. The monoisotopic (exact) mass is 279 g/mol. The first-order valence-corrected chi connectivity index (χ1v) is 5.43. The van der Waals surface area contributed by atoms with Crippen LogP contribution in [0.25, 0.3) is 0 Å². The minimum Gasteiger partial charge on any atom is -0.477 e. The molecule has 6 nitrogen and oxygen atoms in total. The summed E-state index contributed by atoms with van der Waals surface area (Å²) in [6.45, 7) is 0.0286. The number of aromatic amines is 1. The van der Waals surface area contributed by atoms with Crippen LogP contribution < -0.4 is 5.32 Å². The third kappa shape index (κ3) is 4.98. The normalized spacial score (nSPS) is 11.3. The Hall–Kier alpha value is -2.06. The van der Waals surface area contributed by atoms with Crippen molar-refractivity contribution in [1.82, 2.24) is 15.3 Å². The van der Waals surface area contributed by atoms with Gasteiger partial charge in [0.05, 0.1) is 6.33 Å². The number of carbonyl (C=O) groups is 2. The van der Waals surface area contributed by atoms with Crippen molar-refractivity contribution in [3.63, 3.8) is 0 Å². The lowest BCUT2D eigenvalue weighted by Crippen LogP contribution is -2.26. The van der Waals surface area contributed by atoms with Crippen molar-refractivity contribution in [2.75, 3.05) is 6.54 Å². The lowest BCUT2D eigenvalue weighted by Gasteiger charge is -2.06. The van der Waals surface area contributed by atoms with Gasteiger partial charge in [0, 0.05) is 13.0 Å². The number of aromatic nitrogens is 2. The molecule has 0 spiro atoms. The topological polar surface area (TPSA) is 95.1 Å². The fraction of sp³-hybridized carbons (Fsp3) is 0.500. The first kappa shape index (κ1) is 15.0. The van der Waals surface area contributed by atoms with Gasteiger partial charge in [0.25, 0.3) is 5.91 Å². The molecule has 0 atom stereocenters. The van der Waals surface area contributed by atoms with Gasteiger partial charge >= 0.3 is 12.1 Å². The van der Waals surface area contributed by atoms with Gasteiger partial charge < -0.3 is 15.4 Å². The van der Waals surface area contributed by atoms with Crippen LogP contribution in [0.15, 0.2) is 6.33 Å². The molecular formula is C10H12F3N3O3. The summed E-state index contributed by atoms with van der Waals surface area (Å²) in [6.07, 6.45) is -4.01. The van der Waals surface area contributed by atoms with Crippen molar-refractivity contribution >= 4 is 11.9 Å². The highest BCUT2D eigenvalue weighted by Gasteiger charge is 2.26. The minimum atomic E-state index is -4.21. The zero-order valence-electron chi connectivity index (χ0n) is 9.75. The van der Waals surface area contributed by atoms with Crippen molar-refractivity contribution in [2.24, 2.45) is 0 Å². The predicted molar refractivity (Wildman–Crippen MR) is 57.8 cm³/mol. The lowest BCUT2D eigenvalue weighted by atomic mass is 10.2. The number of nitrogens with one attached hydrogen (secondary N) is 2. The van der Waals surface area contributed by atoms with E-state index in [0.29, 0.717) is 0 Å². The van der Waals surface area contributed by atoms with E-state index in [1.54, 1.807) is 0 Å². The maximum Gasteiger partial charge on any atom is 0.389 e. The number of amides is 1. The van der Waals surface area contributed by atoms with Crippen molar-refractivity contribution in [3.8, 4) is 0 Å². The highest BCUT2D eigenvalue weighted by atomic mass is 19.4. The molecule has 9 heteroatoms. The van der Waals surface area contributed by atoms with E-state index >= 15 is 0 Å². The fourth-order valence-electron chi connectivity index (χ4n) is 1.37. The highest BCUT2D eigenvalue weighted by Crippen LogP contribution is 2.21. The van der Waals surface area contributed by atoms with Crippen molar-refractivity contribution in [2.45, 2.75) is 25.4 Å². The molecule has 19 heavy (non-hydrogen) atoms. The van der Waals surface area contributed by atoms with Crippen LogP contribution in [0.3, 0.4) is 0 Å². The van der Waals surface area contributed by atoms with E-state index in [-0.39, 0.29) is 30.8 Å². The van der Waals surface area contributed by atoms with Crippen LogP contribution in [0.5, 0.6) is 0 Å². The standard InChI is InChI=1S/C10H12F3N3O3/c11-10(12,13)3-1-2-4-14-8(17)6-7(9(18)19)16-5-15-6/h5H,1-4H2,(H,14,17)(H,15,16)(H,18,19). The number of halogens is 3. The number of hydrogen-bond acceptors (Lipinski definition) is 3. The Labute approximate surface area is 106 Å². The summed E-state index contributed by atoms with van der Waals surface area (Å²) in [4.78, 5) is 28.0. The highest BCUT2D eigenvalue weighted by molar-refractivity contribution is 6.02. The molecule has 1 heterocycles. The molecule has 1 amide bonds. The molecule has 1 aromatic rings. The molecule has 0 aliphatic heterocycles. The average molecular weight is 279 g/mol. The molecule has 0 aliphatic rings. The van der Waals surface area contributed by atoms with Gasteiger partial charge in [-0.05, 0) is 12.8 Å². The Morgan fingerprint density at radius 1 is 1.37 bits per heavy atom. The number of nitrogens with zero attached hydrogens (tertiary/aromatic N) is 1. The first-order chi connectivity index (χ1) is 8.81. The number of hydrogen-bond donors (Lipinski definition) is 3. The van der Waals surface area contributed by atoms with Gasteiger partial charge in [-0.3, -0.25) is 4.79 Å². The Morgan fingerprint density at radius 3 is 2.63 bits per heavy atom. The minimum absolute atomic E-state index is 0.0286. The molecule has 0 saturated carbocycles. The van der Waals surface area contributed by atoms with Gasteiger partial charge in [0.15, 0.2) is 11.4 Å². The molecule has 3 N–H and O–H groups in total. The quantitative estimate of drug-likeness (QED) is 0.689. The van der Waals surface area contributed by atoms with E-state index in [1.807, 2.05) is 0 Å². The Balaban J connectivity index is 2.36. The van der Waals surface area contributed by atoms with Crippen LogP contribution in [0.4, 0.5) is 13.2 Å². The molecule has 1 aromatic heterocycles. The number of aromatic carboxylic acids is 1. The van der Waals surface area contributed by atoms with E-state index in [4.69, 9.17) is 5.11 Å². The first-order valence-electron chi connectivity index (χ1n) is 5.43. The smallest absolute Gasteiger partial charge is 0.389 e. The second kappa shape index (κ2) is 6.21. The number of carbonyl (C=O) groups excluding carboxylic acids is 1. The summed E-state index contributed by atoms with van der Waals surface area (Å²) in [5.74, 6) is -2.06. The van der Waals surface area contributed by atoms with E-state index in [1.165, 1.54) is 0 Å². The van der Waals surface area contributed by atoms with Crippen molar-refractivity contribution in [3.05, 3.63) is 17.7 Å². The number of imidazole rings is 1. The Morgan fingerprint density at radius 2 is 2.05 bits per heavy atom. The third-order valence-electron chi connectivity index (χ3n) is 2.24. The van der Waals surface area contributed by atoms with Gasteiger partial charge in [0.1, 0.15) is 0 Å². The van der Waals surface area contributed by atoms with Crippen molar-refractivity contribution < 1.29 is 27.9 Å². The maximum absolute atomic E-state index is 11.8. The molecule has 0 radical (unpaired) electrons.